The molecule has 1 fully saturated rings. The fourth-order valence-corrected chi connectivity index (χ4v) is 5.29. The molecule has 1 saturated carbocycles. The van der Waals surface area contributed by atoms with Gasteiger partial charge in [0.25, 0.3) is 5.91 Å². The number of para-hydroxylation sites is 2. The van der Waals surface area contributed by atoms with Crippen LogP contribution in [0.3, 0.4) is 0 Å². The molecular formula is C33H37ClN4O6. The summed E-state index contributed by atoms with van der Waals surface area (Å²) in [5.74, 6) is -1.66. The molecule has 3 aromatic carbocycles. The number of aliphatic carboxylic acids is 1. The Kier molecular flexibility index (Phi) is 11.2. The van der Waals surface area contributed by atoms with Gasteiger partial charge >= 0.3 is 12.0 Å². The number of carboxylic acids is 1. The smallest absolute Gasteiger partial charge is 0.319 e. The second-order valence-electron chi connectivity index (χ2n) is 10.8. The lowest BCUT2D eigenvalue weighted by molar-refractivity contribution is -0.138. The maximum absolute atomic E-state index is 13.6. The highest BCUT2D eigenvalue weighted by molar-refractivity contribution is 6.30. The van der Waals surface area contributed by atoms with E-state index in [4.69, 9.17) is 16.3 Å². The lowest BCUT2D eigenvalue weighted by atomic mass is 10.0. The number of carboxylic acid groups (broad SMARTS) is 1. The second kappa shape index (κ2) is 15.2. The van der Waals surface area contributed by atoms with Crippen LogP contribution >= 0.6 is 11.6 Å². The van der Waals surface area contributed by atoms with E-state index >= 15 is 0 Å². The summed E-state index contributed by atoms with van der Waals surface area (Å²) in [5, 5.41) is 15.1. The standard InChI is InChI=1S/C33H37ClN4O6/c1-22(32(41)42)24-11-7-13-26(17-24)36-33(43)35-19-30(39)38(20-23-9-3-4-10-23)28-15-5-6-16-29(28)44-21-31(40)37(2)27-14-8-12-25(34)18-27/h5-8,11-18,22-23H,3-4,9-10,19-21H2,1-2H3,(H,41,42)(H2,35,36,43). The van der Waals surface area contributed by atoms with Crippen LogP contribution in [0.15, 0.2) is 72.8 Å². The van der Waals surface area contributed by atoms with Crippen molar-refractivity contribution in [3.05, 3.63) is 83.4 Å². The van der Waals surface area contributed by atoms with Crippen LogP contribution in [-0.4, -0.2) is 55.7 Å². The molecule has 0 aromatic heterocycles. The van der Waals surface area contributed by atoms with Gasteiger partial charge in [0.2, 0.25) is 5.91 Å². The number of ether oxygens (including phenoxy) is 1. The van der Waals surface area contributed by atoms with Gasteiger partial charge in [0, 0.05) is 30.0 Å². The first-order valence-corrected chi connectivity index (χ1v) is 14.9. The van der Waals surface area contributed by atoms with Gasteiger partial charge < -0.3 is 30.3 Å². The molecule has 1 aliphatic carbocycles. The summed E-state index contributed by atoms with van der Waals surface area (Å²) in [6.07, 6.45) is 4.17. The SMILES string of the molecule is CC(C(=O)O)c1cccc(NC(=O)NCC(=O)N(CC2CCCC2)c2ccccc2OCC(=O)N(C)c2cccc(Cl)c2)c1. The third kappa shape index (κ3) is 8.73. The summed E-state index contributed by atoms with van der Waals surface area (Å²) >= 11 is 6.08. The molecule has 0 heterocycles. The number of halogens is 1. The Labute approximate surface area is 261 Å². The summed E-state index contributed by atoms with van der Waals surface area (Å²) in [7, 11) is 1.64. The fraction of sp³-hybridized carbons (Fsp3) is 0.333. The zero-order valence-corrected chi connectivity index (χ0v) is 25.5. The quantitative estimate of drug-likeness (QED) is 0.231. The van der Waals surface area contributed by atoms with Crippen LogP contribution in [0.5, 0.6) is 5.75 Å². The van der Waals surface area contributed by atoms with E-state index in [2.05, 4.69) is 10.6 Å². The molecule has 0 bridgehead atoms. The van der Waals surface area contributed by atoms with Crippen molar-refractivity contribution in [2.45, 2.75) is 38.5 Å². The van der Waals surface area contributed by atoms with Gasteiger partial charge in [-0.05, 0) is 73.7 Å². The van der Waals surface area contributed by atoms with E-state index in [1.807, 2.05) is 0 Å². The van der Waals surface area contributed by atoms with E-state index in [1.165, 1.54) is 4.90 Å². The van der Waals surface area contributed by atoms with Crippen LogP contribution in [0.2, 0.25) is 5.02 Å². The van der Waals surface area contributed by atoms with E-state index in [0.717, 1.165) is 25.7 Å². The molecule has 44 heavy (non-hydrogen) atoms. The number of nitrogens with zero attached hydrogens (tertiary/aromatic N) is 2. The molecule has 0 radical (unpaired) electrons. The predicted octanol–water partition coefficient (Wildman–Crippen LogP) is 5.91. The molecule has 1 aliphatic rings. The van der Waals surface area contributed by atoms with Gasteiger partial charge in [0.15, 0.2) is 6.61 Å². The highest BCUT2D eigenvalue weighted by atomic mass is 35.5. The molecule has 1 unspecified atom stereocenters. The monoisotopic (exact) mass is 620 g/mol. The number of nitrogens with one attached hydrogen (secondary N) is 2. The Hall–Kier alpha value is -4.57. The van der Waals surface area contributed by atoms with Crippen molar-refractivity contribution < 1.29 is 29.0 Å². The Morgan fingerprint density at radius 2 is 1.70 bits per heavy atom. The molecule has 1 atom stereocenters. The van der Waals surface area contributed by atoms with Crippen molar-refractivity contribution in [2.24, 2.45) is 5.92 Å². The average Bonchev–Trinajstić information content (AvgIpc) is 3.54. The maximum Gasteiger partial charge on any atom is 0.319 e. The lowest BCUT2D eigenvalue weighted by Crippen LogP contribution is -2.43. The largest absolute Gasteiger partial charge is 0.482 e. The van der Waals surface area contributed by atoms with Gasteiger partial charge in [-0.25, -0.2) is 4.79 Å². The molecule has 4 rings (SSSR count). The first kappa shape index (κ1) is 32.3. The summed E-state index contributed by atoms with van der Waals surface area (Å²) in [5.41, 5.74) is 2.10. The van der Waals surface area contributed by atoms with Gasteiger partial charge in [0.1, 0.15) is 5.75 Å². The number of amides is 4. The van der Waals surface area contributed by atoms with E-state index in [9.17, 15) is 24.3 Å². The van der Waals surface area contributed by atoms with E-state index < -0.39 is 17.9 Å². The zero-order chi connectivity index (χ0) is 31.6. The number of carbonyl (C=O) groups excluding carboxylic acids is 3. The minimum atomic E-state index is -0.971. The van der Waals surface area contributed by atoms with Crippen LogP contribution in [0.25, 0.3) is 0 Å². The Morgan fingerprint density at radius 1 is 0.977 bits per heavy atom. The van der Waals surface area contributed by atoms with Gasteiger partial charge in [-0.15, -0.1) is 0 Å². The van der Waals surface area contributed by atoms with Crippen LogP contribution < -0.4 is 25.2 Å². The Morgan fingerprint density at radius 3 is 2.43 bits per heavy atom. The molecular weight excluding hydrogens is 584 g/mol. The normalized spacial score (nSPS) is 13.5. The molecule has 3 aromatic rings. The minimum Gasteiger partial charge on any atom is -0.482 e. The number of carbonyl (C=O) groups is 4. The van der Waals surface area contributed by atoms with Gasteiger partial charge in [-0.2, -0.15) is 0 Å². The number of benzene rings is 3. The third-order valence-electron chi connectivity index (χ3n) is 7.71. The predicted molar refractivity (Wildman–Crippen MR) is 171 cm³/mol. The number of anilines is 3. The van der Waals surface area contributed by atoms with E-state index in [1.54, 1.807) is 91.7 Å². The topological polar surface area (TPSA) is 128 Å². The van der Waals surface area contributed by atoms with Gasteiger partial charge in [-0.3, -0.25) is 14.4 Å². The van der Waals surface area contributed by atoms with Crippen molar-refractivity contribution in [3.63, 3.8) is 0 Å². The number of hydrogen-bond donors (Lipinski definition) is 3. The molecule has 10 nitrogen and oxygen atoms in total. The van der Waals surface area contributed by atoms with Gasteiger partial charge in [0.05, 0.1) is 18.2 Å². The van der Waals surface area contributed by atoms with Crippen LogP contribution in [-0.2, 0) is 14.4 Å². The zero-order valence-electron chi connectivity index (χ0n) is 24.8. The summed E-state index contributed by atoms with van der Waals surface area (Å²) in [6, 6.07) is 20.0. The average molecular weight is 621 g/mol. The number of urea groups is 1. The third-order valence-corrected chi connectivity index (χ3v) is 7.94. The molecule has 3 N–H and O–H groups in total. The summed E-state index contributed by atoms with van der Waals surface area (Å²) < 4.78 is 5.96. The molecule has 4 amide bonds. The molecule has 11 heteroatoms. The van der Waals surface area contributed by atoms with Crippen molar-refractivity contribution >= 4 is 52.5 Å². The second-order valence-corrected chi connectivity index (χ2v) is 11.3. The highest BCUT2D eigenvalue weighted by Crippen LogP contribution is 2.33. The maximum atomic E-state index is 13.6. The van der Waals surface area contributed by atoms with Crippen molar-refractivity contribution in [1.29, 1.82) is 0 Å². The molecule has 0 spiro atoms. The van der Waals surface area contributed by atoms with Crippen LogP contribution in [0.4, 0.5) is 21.9 Å². The van der Waals surface area contributed by atoms with Crippen molar-refractivity contribution in [1.82, 2.24) is 5.32 Å². The molecule has 0 aliphatic heterocycles. The first-order chi connectivity index (χ1) is 21.1. The van der Waals surface area contributed by atoms with Crippen molar-refractivity contribution in [2.75, 3.05) is 41.9 Å². The fourth-order valence-electron chi connectivity index (χ4n) is 5.11. The van der Waals surface area contributed by atoms with Gasteiger partial charge in [-0.1, -0.05) is 54.8 Å². The number of hydrogen-bond acceptors (Lipinski definition) is 5. The number of likely N-dealkylation sites (N-methyl/N-ethyl adjacent to an activating group) is 1. The minimum absolute atomic E-state index is 0.258. The Bertz CT molecular complexity index is 1490. The highest BCUT2D eigenvalue weighted by Gasteiger charge is 2.26. The number of rotatable bonds is 12. The van der Waals surface area contributed by atoms with E-state index in [-0.39, 0.29) is 25.0 Å². The Balaban J connectivity index is 1.44. The van der Waals surface area contributed by atoms with Crippen LogP contribution in [0, 0.1) is 5.92 Å². The molecule has 0 saturated heterocycles. The van der Waals surface area contributed by atoms with Crippen molar-refractivity contribution in [3.8, 4) is 5.75 Å². The summed E-state index contributed by atoms with van der Waals surface area (Å²) in [6.45, 7) is 1.47. The lowest BCUT2D eigenvalue weighted by Gasteiger charge is -2.28. The summed E-state index contributed by atoms with van der Waals surface area (Å²) in [4.78, 5) is 53.6. The van der Waals surface area contributed by atoms with E-state index in [0.29, 0.717) is 45.9 Å². The van der Waals surface area contributed by atoms with Crippen LogP contribution in [0.1, 0.15) is 44.1 Å². The molecule has 232 valence electrons. The first-order valence-electron chi connectivity index (χ1n) is 14.5.